The van der Waals surface area contributed by atoms with Crippen LogP contribution < -0.4 is 4.74 Å². The predicted molar refractivity (Wildman–Crippen MR) is 54.6 cm³/mol. The first kappa shape index (κ1) is 14.0. The fourth-order valence-corrected chi connectivity index (χ4v) is 1.89. The van der Waals surface area contributed by atoms with E-state index in [0.717, 1.165) is 14.0 Å². The Balaban J connectivity index is 2.84. The molecule has 1 atom stereocenters. The highest BCUT2D eigenvalue weighted by atomic mass is 35.5. The number of carbonyl (C=O) groups is 1. The molecule has 1 heterocycles. The lowest BCUT2D eigenvalue weighted by Gasteiger charge is -2.14. The Labute approximate surface area is 103 Å². The van der Waals surface area contributed by atoms with Crippen molar-refractivity contribution in [3.05, 3.63) is 10.0 Å². The summed E-state index contributed by atoms with van der Waals surface area (Å²) >= 11 is 6.15. The Morgan fingerprint density at radius 3 is 2.59 bits per heavy atom. The van der Waals surface area contributed by atoms with Gasteiger partial charge in [0.05, 0.1) is 7.11 Å². The van der Waals surface area contributed by atoms with E-state index in [9.17, 15) is 18.0 Å². The van der Waals surface area contributed by atoms with Crippen LogP contribution in [0.3, 0.4) is 0 Å². The largest absolute Gasteiger partial charge is 0.465 e. The Hall–Kier alpha value is -1.02. The van der Waals surface area contributed by atoms with Gasteiger partial charge in [0, 0.05) is 0 Å². The molecule has 0 aliphatic heterocycles. The molecule has 9 heteroatoms. The maximum absolute atomic E-state index is 12.2. The van der Waals surface area contributed by atoms with Gasteiger partial charge in [0.1, 0.15) is 0 Å². The first-order valence-corrected chi connectivity index (χ1v) is 5.43. The normalized spacial score (nSPS) is 13.3. The van der Waals surface area contributed by atoms with E-state index >= 15 is 0 Å². The third-order valence-electron chi connectivity index (χ3n) is 1.68. The molecule has 4 nitrogen and oxygen atoms in total. The number of alkyl halides is 3. The number of methoxy groups -OCH3 is 1. The SMILES string of the molecule is COC(=O)c1sc(OC(C)C(F)(F)F)nc1Cl. The lowest BCUT2D eigenvalue weighted by molar-refractivity contribution is -0.189. The topological polar surface area (TPSA) is 48.4 Å². The van der Waals surface area contributed by atoms with Crippen LogP contribution in [-0.4, -0.2) is 30.3 Å². The van der Waals surface area contributed by atoms with Crippen molar-refractivity contribution in [2.75, 3.05) is 7.11 Å². The number of rotatable bonds is 3. The van der Waals surface area contributed by atoms with Gasteiger partial charge in [-0.15, -0.1) is 0 Å². The average Bonchev–Trinajstić information content (AvgIpc) is 2.57. The summed E-state index contributed by atoms with van der Waals surface area (Å²) in [5.74, 6) is -0.776. The van der Waals surface area contributed by atoms with Crippen molar-refractivity contribution in [2.24, 2.45) is 0 Å². The van der Waals surface area contributed by atoms with Crippen LogP contribution >= 0.6 is 22.9 Å². The van der Waals surface area contributed by atoms with Crippen LogP contribution in [0.1, 0.15) is 16.6 Å². The summed E-state index contributed by atoms with van der Waals surface area (Å²) in [4.78, 5) is 14.5. The molecule has 0 saturated carbocycles. The number of carbonyl (C=O) groups excluding carboxylic acids is 1. The first-order chi connectivity index (χ1) is 7.75. The number of hydrogen-bond donors (Lipinski definition) is 0. The minimum atomic E-state index is -4.51. The van der Waals surface area contributed by atoms with E-state index in [0.29, 0.717) is 11.3 Å². The Morgan fingerprint density at radius 2 is 2.12 bits per heavy atom. The average molecular weight is 290 g/mol. The molecule has 96 valence electrons. The van der Waals surface area contributed by atoms with Crippen molar-refractivity contribution in [3.8, 4) is 5.19 Å². The highest BCUT2D eigenvalue weighted by Crippen LogP contribution is 2.32. The van der Waals surface area contributed by atoms with E-state index in [-0.39, 0.29) is 15.2 Å². The van der Waals surface area contributed by atoms with Crippen molar-refractivity contribution in [1.29, 1.82) is 0 Å². The number of thiazole rings is 1. The van der Waals surface area contributed by atoms with E-state index in [1.807, 2.05) is 0 Å². The summed E-state index contributed by atoms with van der Waals surface area (Å²) in [6, 6.07) is 0. The van der Waals surface area contributed by atoms with E-state index in [2.05, 4.69) is 14.5 Å². The zero-order chi connectivity index (χ0) is 13.2. The van der Waals surface area contributed by atoms with Crippen molar-refractivity contribution in [3.63, 3.8) is 0 Å². The van der Waals surface area contributed by atoms with E-state index in [1.165, 1.54) is 0 Å². The molecule has 0 radical (unpaired) electrons. The van der Waals surface area contributed by atoms with Gasteiger partial charge in [-0.05, 0) is 6.92 Å². The van der Waals surface area contributed by atoms with Crippen LogP contribution in [0.25, 0.3) is 0 Å². The summed E-state index contributed by atoms with van der Waals surface area (Å²) in [6.07, 6.45) is -6.54. The number of hydrogen-bond acceptors (Lipinski definition) is 5. The number of esters is 1. The zero-order valence-corrected chi connectivity index (χ0v) is 10.2. The Kier molecular flexibility index (Phi) is 4.21. The van der Waals surface area contributed by atoms with Gasteiger partial charge < -0.3 is 9.47 Å². The van der Waals surface area contributed by atoms with E-state index in [4.69, 9.17) is 11.6 Å². The van der Waals surface area contributed by atoms with Gasteiger partial charge in [-0.3, -0.25) is 0 Å². The number of nitrogens with zero attached hydrogens (tertiary/aromatic N) is 1. The maximum Gasteiger partial charge on any atom is 0.425 e. The van der Waals surface area contributed by atoms with Gasteiger partial charge in [-0.2, -0.15) is 18.2 Å². The minimum absolute atomic E-state index is 0.0986. The molecule has 0 spiro atoms. The lowest BCUT2D eigenvalue weighted by atomic mass is 10.4. The number of ether oxygens (including phenoxy) is 2. The molecule has 1 aromatic heterocycles. The van der Waals surface area contributed by atoms with Crippen LogP contribution in [0.15, 0.2) is 0 Å². The van der Waals surface area contributed by atoms with Crippen LogP contribution in [0.4, 0.5) is 13.2 Å². The molecule has 1 aromatic rings. The van der Waals surface area contributed by atoms with Gasteiger partial charge in [0.15, 0.2) is 16.1 Å². The summed E-state index contributed by atoms with van der Waals surface area (Å²) in [5, 5.41) is -0.577. The molecule has 0 amide bonds. The molecule has 0 N–H and O–H groups in total. The second-order valence-corrected chi connectivity index (χ2v) is 4.21. The minimum Gasteiger partial charge on any atom is -0.465 e. The zero-order valence-electron chi connectivity index (χ0n) is 8.67. The molecule has 0 aliphatic rings. The number of halogens is 4. The molecule has 1 rings (SSSR count). The molecule has 0 bridgehead atoms. The maximum atomic E-state index is 12.2. The molecule has 1 unspecified atom stereocenters. The van der Waals surface area contributed by atoms with Crippen LogP contribution in [0.5, 0.6) is 5.19 Å². The first-order valence-electron chi connectivity index (χ1n) is 4.23. The van der Waals surface area contributed by atoms with Crippen LogP contribution in [0.2, 0.25) is 5.15 Å². The van der Waals surface area contributed by atoms with Gasteiger partial charge in [-0.1, -0.05) is 22.9 Å². The summed E-state index contributed by atoms with van der Waals surface area (Å²) in [5.41, 5.74) is 0. The van der Waals surface area contributed by atoms with Crippen molar-refractivity contribution in [1.82, 2.24) is 4.98 Å². The second-order valence-electron chi connectivity index (χ2n) is 2.89. The van der Waals surface area contributed by atoms with Gasteiger partial charge in [-0.25, -0.2) is 4.79 Å². The molecular weight excluding hydrogens is 283 g/mol. The summed E-state index contributed by atoms with van der Waals surface area (Å²) in [6.45, 7) is 0.827. The predicted octanol–water partition coefficient (Wildman–Crippen LogP) is 2.91. The highest BCUT2D eigenvalue weighted by molar-refractivity contribution is 7.15. The third-order valence-corrected chi connectivity index (χ3v) is 2.99. The molecule has 0 fully saturated rings. The summed E-state index contributed by atoms with van der Waals surface area (Å²) in [7, 11) is 1.12. The second kappa shape index (κ2) is 5.09. The Bertz CT molecular complexity index is 421. The smallest absolute Gasteiger partial charge is 0.425 e. The van der Waals surface area contributed by atoms with Crippen LogP contribution in [-0.2, 0) is 4.74 Å². The molecule has 0 aliphatic carbocycles. The summed E-state index contributed by atoms with van der Waals surface area (Å²) < 4.78 is 45.5. The van der Waals surface area contributed by atoms with Gasteiger partial charge in [0.2, 0.25) is 0 Å². The van der Waals surface area contributed by atoms with Crippen LogP contribution in [0, 0.1) is 0 Å². The fraction of sp³-hybridized carbons (Fsp3) is 0.500. The van der Waals surface area contributed by atoms with Crippen molar-refractivity contribution >= 4 is 28.9 Å². The molecule has 17 heavy (non-hydrogen) atoms. The standard InChI is InChI=1S/C8H7ClF3NO3S/c1-3(8(10,11)12)16-7-13-5(9)4(17-7)6(14)15-2/h3H,1-2H3. The van der Waals surface area contributed by atoms with Gasteiger partial charge in [0.25, 0.3) is 5.19 Å². The van der Waals surface area contributed by atoms with Crippen molar-refractivity contribution < 1.29 is 27.4 Å². The third kappa shape index (κ3) is 3.47. The van der Waals surface area contributed by atoms with Crippen molar-refractivity contribution in [2.45, 2.75) is 19.2 Å². The van der Waals surface area contributed by atoms with E-state index < -0.39 is 18.2 Å². The highest BCUT2D eigenvalue weighted by Gasteiger charge is 2.39. The Morgan fingerprint density at radius 1 is 1.53 bits per heavy atom. The fourth-order valence-electron chi connectivity index (χ4n) is 0.770. The quantitative estimate of drug-likeness (QED) is 0.803. The lowest BCUT2D eigenvalue weighted by Crippen LogP contribution is -2.31. The number of aromatic nitrogens is 1. The monoisotopic (exact) mass is 289 g/mol. The molecular formula is C8H7ClF3NO3S. The van der Waals surface area contributed by atoms with Gasteiger partial charge >= 0.3 is 12.1 Å². The molecule has 0 saturated heterocycles. The molecule has 0 aromatic carbocycles. The van der Waals surface area contributed by atoms with E-state index in [1.54, 1.807) is 0 Å².